The number of thioether (sulfide) groups is 1. The summed E-state index contributed by atoms with van der Waals surface area (Å²) in [5, 5.41) is 12.7. The Morgan fingerprint density at radius 3 is 2.55 bits per heavy atom. The van der Waals surface area contributed by atoms with Crippen LogP contribution in [-0.4, -0.2) is 26.4 Å². The fraction of sp³-hybridized carbons (Fsp3) is 0.286. The summed E-state index contributed by atoms with van der Waals surface area (Å²) in [5.41, 5.74) is 0.451. The second-order valence-corrected chi connectivity index (χ2v) is 8.77. The van der Waals surface area contributed by atoms with Gasteiger partial charge in [0.05, 0.1) is 16.5 Å². The maximum absolute atomic E-state index is 13.1. The molecule has 0 aliphatic rings. The lowest BCUT2D eigenvalue weighted by Gasteiger charge is -2.18. The summed E-state index contributed by atoms with van der Waals surface area (Å²) < 4.78 is 20.9. The molecule has 1 aromatic heterocycles. The quantitative estimate of drug-likeness (QED) is 0.388. The minimum Gasteiger partial charge on any atom is -0.483 e. The van der Waals surface area contributed by atoms with Gasteiger partial charge in [0.15, 0.2) is 17.1 Å². The molecule has 1 heterocycles. The van der Waals surface area contributed by atoms with Gasteiger partial charge in [-0.2, -0.15) is 0 Å². The average Bonchev–Trinajstić information content (AvgIpc) is 3.15. The first-order valence-corrected chi connectivity index (χ1v) is 11.2. The molecule has 31 heavy (non-hydrogen) atoms. The van der Waals surface area contributed by atoms with Crippen molar-refractivity contribution in [1.82, 2.24) is 14.8 Å². The van der Waals surface area contributed by atoms with Crippen molar-refractivity contribution in [3.8, 4) is 5.75 Å². The van der Waals surface area contributed by atoms with Gasteiger partial charge in [0.25, 0.3) is 0 Å². The lowest BCUT2D eigenvalue weighted by Crippen LogP contribution is -2.16. The molecule has 0 spiro atoms. The number of carbonyl (C=O) groups is 1. The number of ether oxygens (including phenoxy) is 1. The lowest BCUT2D eigenvalue weighted by molar-refractivity contribution is -0.113. The number of amides is 1. The molecule has 1 atom stereocenters. The number of hydrogen-bond donors (Lipinski definition) is 1. The van der Waals surface area contributed by atoms with E-state index in [0.717, 1.165) is 0 Å². The first-order valence-electron chi connectivity index (χ1n) is 9.49. The zero-order valence-corrected chi connectivity index (χ0v) is 19.4. The topological polar surface area (TPSA) is 69.0 Å². The van der Waals surface area contributed by atoms with Gasteiger partial charge < -0.3 is 14.6 Å². The average molecular weight is 483 g/mol. The van der Waals surface area contributed by atoms with E-state index in [2.05, 4.69) is 15.5 Å². The number of nitrogens with zero attached hydrogens (tertiary/aromatic N) is 3. The molecule has 0 fully saturated rings. The van der Waals surface area contributed by atoms with Gasteiger partial charge in [-0.3, -0.25) is 4.79 Å². The molecule has 0 saturated carbocycles. The van der Waals surface area contributed by atoms with Crippen molar-refractivity contribution in [3.63, 3.8) is 0 Å². The maximum Gasteiger partial charge on any atom is 0.234 e. The van der Waals surface area contributed by atoms with Gasteiger partial charge in [-0.05, 0) is 63.2 Å². The fourth-order valence-corrected chi connectivity index (χ4v) is 4.04. The Morgan fingerprint density at radius 1 is 1.16 bits per heavy atom. The number of anilines is 1. The summed E-state index contributed by atoms with van der Waals surface area (Å²) in [6.07, 6.45) is -0.422. The first kappa shape index (κ1) is 23.4. The third-order valence-electron chi connectivity index (χ3n) is 4.23. The van der Waals surface area contributed by atoms with Crippen molar-refractivity contribution >= 4 is 46.6 Å². The summed E-state index contributed by atoms with van der Waals surface area (Å²) in [6.45, 7) is 5.83. The summed E-state index contributed by atoms with van der Waals surface area (Å²) >= 11 is 13.3. The zero-order chi connectivity index (χ0) is 22.5. The molecule has 3 rings (SSSR count). The van der Waals surface area contributed by atoms with Crippen LogP contribution in [0, 0.1) is 5.82 Å². The molecule has 1 unspecified atom stereocenters. The van der Waals surface area contributed by atoms with Crippen LogP contribution in [0.15, 0.2) is 47.6 Å². The van der Waals surface area contributed by atoms with E-state index >= 15 is 0 Å². The van der Waals surface area contributed by atoms with Gasteiger partial charge in [0.1, 0.15) is 11.6 Å². The molecule has 0 aliphatic heterocycles. The van der Waals surface area contributed by atoms with Crippen molar-refractivity contribution in [1.29, 1.82) is 0 Å². The predicted octanol–water partition coefficient (Wildman–Crippen LogP) is 6.18. The third-order valence-corrected chi connectivity index (χ3v) is 5.74. The second kappa shape index (κ2) is 10.3. The van der Waals surface area contributed by atoms with Crippen LogP contribution in [0.3, 0.4) is 0 Å². The number of nitrogens with one attached hydrogen (secondary N) is 1. The van der Waals surface area contributed by atoms with Gasteiger partial charge in [0, 0.05) is 11.1 Å². The largest absolute Gasteiger partial charge is 0.483 e. The highest BCUT2D eigenvalue weighted by Gasteiger charge is 2.22. The Bertz CT molecular complexity index is 1060. The highest BCUT2D eigenvalue weighted by atomic mass is 35.5. The van der Waals surface area contributed by atoms with Crippen LogP contribution >= 0.6 is 35.0 Å². The molecule has 1 N–H and O–H groups in total. The number of benzene rings is 2. The van der Waals surface area contributed by atoms with Crippen LogP contribution in [0.2, 0.25) is 10.0 Å². The van der Waals surface area contributed by atoms with Crippen molar-refractivity contribution in [2.24, 2.45) is 0 Å². The number of aromatic nitrogens is 3. The zero-order valence-electron chi connectivity index (χ0n) is 17.1. The lowest BCUT2D eigenvalue weighted by atomic mass is 10.3. The number of hydrogen-bond acceptors (Lipinski definition) is 5. The molecule has 0 bridgehead atoms. The third kappa shape index (κ3) is 6.12. The number of rotatable bonds is 8. The monoisotopic (exact) mass is 482 g/mol. The van der Waals surface area contributed by atoms with Gasteiger partial charge in [-0.25, -0.2) is 4.39 Å². The van der Waals surface area contributed by atoms with Gasteiger partial charge in [0.2, 0.25) is 5.91 Å². The van der Waals surface area contributed by atoms with E-state index < -0.39 is 6.10 Å². The van der Waals surface area contributed by atoms with Crippen molar-refractivity contribution in [2.45, 2.75) is 38.1 Å². The standard InChI is InChI=1S/C21H21Cl2FN4O2S/c1-12(2)28-20(13(3)30-16-7-5-15(24)6-8-16)26-27-21(28)31-11-19(29)25-18-10-14(22)4-9-17(18)23/h4-10,12-13H,11H2,1-3H3,(H,25,29). The highest BCUT2D eigenvalue weighted by Crippen LogP contribution is 2.29. The molecule has 10 heteroatoms. The molecular weight excluding hydrogens is 462 g/mol. The Hall–Kier alpha value is -2.29. The smallest absolute Gasteiger partial charge is 0.234 e. The van der Waals surface area contributed by atoms with Crippen LogP contribution < -0.4 is 10.1 Å². The first-order chi connectivity index (χ1) is 14.7. The van der Waals surface area contributed by atoms with Crippen LogP contribution in [0.4, 0.5) is 10.1 Å². The van der Waals surface area contributed by atoms with E-state index in [0.29, 0.717) is 32.5 Å². The van der Waals surface area contributed by atoms with E-state index in [-0.39, 0.29) is 23.5 Å². The predicted molar refractivity (Wildman–Crippen MR) is 122 cm³/mol. The molecule has 1 amide bonds. The Balaban J connectivity index is 1.69. The van der Waals surface area contributed by atoms with Crippen LogP contribution in [0.5, 0.6) is 5.75 Å². The van der Waals surface area contributed by atoms with E-state index in [1.54, 1.807) is 30.3 Å². The molecule has 0 radical (unpaired) electrons. The SMILES string of the molecule is CC(Oc1ccc(F)cc1)c1nnc(SCC(=O)Nc2cc(Cl)ccc2Cl)n1C(C)C. The van der Waals surface area contributed by atoms with E-state index in [1.807, 2.05) is 25.3 Å². The minimum absolute atomic E-state index is 0.0391. The van der Waals surface area contributed by atoms with E-state index in [9.17, 15) is 9.18 Å². The van der Waals surface area contributed by atoms with Crippen LogP contribution in [0.1, 0.15) is 38.7 Å². The van der Waals surface area contributed by atoms with Crippen molar-refractivity contribution in [2.75, 3.05) is 11.1 Å². The highest BCUT2D eigenvalue weighted by molar-refractivity contribution is 7.99. The Labute approximate surface area is 194 Å². The second-order valence-electron chi connectivity index (χ2n) is 6.98. The Morgan fingerprint density at radius 2 is 1.87 bits per heavy atom. The van der Waals surface area contributed by atoms with E-state index in [4.69, 9.17) is 27.9 Å². The van der Waals surface area contributed by atoms with Crippen molar-refractivity contribution < 1.29 is 13.9 Å². The van der Waals surface area contributed by atoms with Crippen LogP contribution in [0.25, 0.3) is 0 Å². The molecule has 0 saturated heterocycles. The van der Waals surface area contributed by atoms with Crippen LogP contribution in [-0.2, 0) is 4.79 Å². The summed E-state index contributed by atoms with van der Waals surface area (Å²) in [4.78, 5) is 12.4. The summed E-state index contributed by atoms with van der Waals surface area (Å²) in [5.74, 6) is 0.672. The minimum atomic E-state index is -0.422. The fourth-order valence-electron chi connectivity index (χ4n) is 2.83. The van der Waals surface area contributed by atoms with Crippen molar-refractivity contribution in [3.05, 3.63) is 64.2 Å². The number of carbonyl (C=O) groups excluding carboxylic acids is 1. The molecule has 164 valence electrons. The molecule has 0 aliphatic carbocycles. The molecular formula is C21H21Cl2FN4O2S. The molecule has 3 aromatic rings. The van der Waals surface area contributed by atoms with E-state index in [1.165, 1.54) is 23.9 Å². The summed E-state index contributed by atoms with van der Waals surface area (Å²) in [7, 11) is 0. The van der Waals surface area contributed by atoms with Gasteiger partial charge in [-0.1, -0.05) is 35.0 Å². The Kier molecular flexibility index (Phi) is 7.80. The normalized spacial score (nSPS) is 12.1. The molecule has 6 nitrogen and oxygen atoms in total. The van der Waals surface area contributed by atoms with Gasteiger partial charge in [-0.15, -0.1) is 10.2 Å². The summed E-state index contributed by atoms with van der Waals surface area (Å²) in [6, 6.07) is 10.7. The maximum atomic E-state index is 13.1. The number of halogens is 3. The molecule has 2 aromatic carbocycles. The van der Waals surface area contributed by atoms with Gasteiger partial charge >= 0.3 is 0 Å².